The molecule has 32 heavy (non-hydrogen) atoms. The molecule has 2 aromatic rings. The Hall–Kier alpha value is -3.13. The van der Waals surface area contributed by atoms with Crippen LogP contribution in [0.2, 0.25) is 0 Å². The largest absolute Gasteiger partial charge is 0.358 e. The number of thiophene rings is 1. The van der Waals surface area contributed by atoms with Crippen LogP contribution in [0.4, 0.5) is 21.2 Å². The van der Waals surface area contributed by atoms with Gasteiger partial charge in [0.2, 0.25) is 5.91 Å². The molecule has 4 rings (SSSR count). The van der Waals surface area contributed by atoms with E-state index in [0.29, 0.717) is 19.5 Å². The lowest BCUT2D eigenvalue weighted by Crippen LogP contribution is -2.48. The molecule has 168 valence electrons. The molecule has 7 nitrogen and oxygen atoms in total. The first kappa shape index (κ1) is 22.1. The van der Waals surface area contributed by atoms with Crippen LogP contribution in [-0.4, -0.2) is 48.0 Å². The predicted octanol–water partition coefficient (Wildman–Crippen LogP) is 5.13. The summed E-state index contributed by atoms with van der Waals surface area (Å²) in [5.41, 5.74) is 4.32. The summed E-state index contributed by atoms with van der Waals surface area (Å²) in [5.74, 6) is 0.186. The molecule has 0 radical (unpaired) electrons. The molecular weight excluding hydrogens is 422 g/mol. The normalized spacial score (nSPS) is 16.3. The minimum Gasteiger partial charge on any atom is -0.358 e. The zero-order valence-corrected chi connectivity index (χ0v) is 19.9. The van der Waals surface area contributed by atoms with Crippen molar-refractivity contribution in [3.8, 4) is 0 Å². The highest BCUT2D eigenvalue weighted by molar-refractivity contribution is 7.23. The average molecular weight is 452 g/mol. The second-order valence-electron chi connectivity index (χ2n) is 8.36. The van der Waals surface area contributed by atoms with Gasteiger partial charge in [0.1, 0.15) is 9.83 Å². The molecule has 1 N–H and O–H groups in total. The van der Waals surface area contributed by atoms with Gasteiger partial charge in [-0.1, -0.05) is 36.5 Å². The molecule has 0 spiro atoms. The van der Waals surface area contributed by atoms with Gasteiger partial charge >= 0.3 is 6.03 Å². The van der Waals surface area contributed by atoms with Gasteiger partial charge in [-0.05, 0) is 38.5 Å². The van der Waals surface area contributed by atoms with Gasteiger partial charge in [0.25, 0.3) is 0 Å². The second kappa shape index (κ2) is 8.78. The van der Waals surface area contributed by atoms with E-state index in [1.165, 1.54) is 0 Å². The number of pyridine rings is 1. The Balaban J connectivity index is 1.75. The molecule has 1 saturated heterocycles. The average Bonchev–Trinajstić information content (AvgIpc) is 3.14. The van der Waals surface area contributed by atoms with Gasteiger partial charge in [0.15, 0.2) is 0 Å². The monoisotopic (exact) mass is 451 g/mol. The van der Waals surface area contributed by atoms with E-state index < -0.39 is 0 Å². The lowest BCUT2D eigenvalue weighted by atomic mass is 10.1. The molecule has 0 saturated carbocycles. The van der Waals surface area contributed by atoms with Gasteiger partial charge < -0.3 is 15.1 Å². The molecule has 3 amide bonds. The fourth-order valence-corrected chi connectivity index (χ4v) is 5.24. The minimum atomic E-state index is -0.208. The number of allylic oxidation sites excluding steroid dienone is 4. The van der Waals surface area contributed by atoms with Gasteiger partial charge in [-0.15, -0.1) is 0 Å². The summed E-state index contributed by atoms with van der Waals surface area (Å²) in [6, 6.07) is 1.68. The molecule has 2 aliphatic rings. The Bertz CT molecular complexity index is 1150. The third-order valence-corrected chi connectivity index (χ3v) is 6.86. The number of hydrogen-bond donors (Lipinski definition) is 1. The standard InChI is InChI=1S/C24H29N5O2S/c1-6-19(30)27-11-13-28(14-12-27)23-21-20-18(9-10-25-22(20)32-23)29(24(31)26-21)17(16(4)5)8-7-15(2)3/h7-10H,4,6,11-14H2,1-3,5H3,(H,26,31)/b17-8+. The van der Waals surface area contributed by atoms with Crippen LogP contribution in [0.1, 0.15) is 34.1 Å². The Kier molecular flexibility index (Phi) is 6.06. The van der Waals surface area contributed by atoms with Gasteiger partial charge in [-0.3, -0.25) is 9.69 Å². The van der Waals surface area contributed by atoms with Crippen LogP contribution in [-0.2, 0) is 4.79 Å². The highest BCUT2D eigenvalue weighted by Gasteiger charge is 2.34. The van der Waals surface area contributed by atoms with Crippen LogP contribution in [0.15, 0.2) is 47.8 Å². The molecule has 2 aliphatic heterocycles. The van der Waals surface area contributed by atoms with Crippen molar-refractivity contribution in [3.05, 3.63) is 47.8 Å². The molecule has 0 bridgehead atoms. The number of carbonyl (C=O) groups is 2. The van der Waals surface area contributed by atoms with E-state index in [1.54, 1.807) is 22.4 Å². The zero-order chi connectivity index (χ0) is 23.0. The fraction of sp³-hybridized carbons (Fsp3) is 0.375. The van der Waals surface area contributed by atoms with E-state index >= 15 is 0 Å². The first-order valence-corrected chi connectivity index (χ1v) is 11.7. The number of nitrogens with zero attached hydrogens (tertiary/aromatic N) is 4. The van der Waals surface area contributed by atoms with Crippen molar-refractivity contribution in [1.82, 2.24) is 9.88 Å². The van der Waals surface area contributed by atoms with E-state index in [0.717, 1.165) is 56.5 Å². The molecule has 2 aromatic heterocycles. The topological polar surface area (TPSA) is 68.8 Å². The van der Waals surface area contributed by atoms with E-state index in [-0.39, 0.29) is 11.9 Å². The second-order valence-corrected chi connectivity index (χ2v) is 9.33. The lowest BCUT2D eigenvalue weighted by Gasteiger charge is -2.36. The molecular formula is C24H29N5O2S. The number of urea groups is 1. The number of anilines is 3. The number of carbonyl (C=O) groups excluding carboxylic acids is 2. The number of hydrogen-bond acceptors (Lipinski definition) is 5. The first-order valence-electron chi connectivity index (χ1n) is 10.9. The molecule has 8 heteroatoms. The predicted molar refractivity (Wildman–Crippen MR) is 133 cm³/mol. The van der Waals surface area contributed by atoms with Crippen molar-refractivity contribution in [2.45, 2.75) is 34.1 Å². The molecule has 0 aromatic carbocycles. The van der Waals surface area contributed by atoms with E-state index in [1.807, 2.05) is 50.8 Å². The molecule has 1 fully saturated rings. The summed E-state index contributed by atoms with van der Waals surface area (Å²) in [5, 5.41) is 5.07. The van der Waals surface area contributed by atoms with Crippen LogP contribution >= 0.6 is 11.3 Å². The van der Waals surface area contributed by atoms with Gasteiger partial charge in [0, 0.05) is 38.8 Å². The molecule has 0 atom stereocenters. The third-order valence-electron chi connectivity index (χ3n) is 5.70. The van der Waals surface area contributed by atoms with Crippen LogP contribution in [0.3, 0.4) is 0 Å². The number of piperazine rings is 1. The summed E-state index contributed by atoms with van der Waals surface area (Å²) in [7, 11) is 0. The minimum absolute atomic E-state index is 0.186. The quantitative estimate of drug-likeness (QED) is 0.640. The summed E-state index contributed by atoms with van der Waals surface area (Å²) in [4.78, 5) is 36.7. The number of aromatic nitrogens is 1. The maximum Gasteiger partial charge on any atom is 0.331 e. The zero-order valence-electron chi connectivity index (χ0n) is 19.1. The van der Waals surface area contributed by atoms with Crippen molar-refractivity contribution in [2.24, 2.45) is 0 Å². The van der Waals surface area contributed by atoms with Gasteiger partial charge in [-0.2, -0.15) is 0 Å². The first-order chi connectivity index (χ1) is 15.3. The van der Waals surface area contributed by atoms with Crippen molar-refractivity contribution in [1.29, 1.82) is 0 Å². The summed E-state index contributed by atoms with van der Waals surface area (Å²) >= 11 is 1.58. The van der Waals surface area contributed by atoms with Crippen molar-refractivity contribution < 1.29 is 9.59 Å². The smallest absolute Gasteiger partial charge is 0.331 e. The van der Waals surface area contributed by atoms with Crippen LogP contribution in [0.5, 0.6) is 0 Å². The lowest BCUT2D eigenvalue weighted by molar-refractivity contribution is -0.131. The molecule has 4 heterocycles. The van der Waals surface area contributed by atoms with Crippen LogP contribution in [0, 0.1) is 0 Å². The van der Waals surface area contributed by atoms with E-state index in [2.05, 4.69) is 21.8 Å². The summed E-state index contributed by atoms with van der Waals surface area (Å²) in [6.45, 7) is 14.8. The Labute approximate surface area is 192 Å². The third kappa shape index (κ3) is 3.90. The highest BCUT2D eigenvalue weighted by Crippen LogP contribution is 2.49. The fourth-order valence-electron chi connectivity index (χ4n) is 4.07. The van der Waals surface area contributed by atoms with Crippen molar-refractivity contribution >= 4 is 49.9 Å². The van der Waals surface area contributed by atoms with Gasteiger partial charge in [-0.25, -0.2) is 9.78 Å². The SMILES string of the molecule is C=C(C)/C(=C\C=C(C)C)N1C(=O)Nc2c(N3CCN(C(=O)CC)CC3)sc3nccc1c23. The summed E-state index contributed by atoms with van der Waals surface area (Å²) in [6.07, 6.45) is 6.20. The maximum atomic E-state index is 13.3. The van der Waals surface area contributed by atoms with Gasteiger partial charge in [0.05, 0.1) is 22.5 Å². The van der Waals surface area contributed by atoms with Crippen LogP contribution < -0.4 is 15.1 Å². The van der Waals surface area contributed by atoms with Crippen molar-refractivity contribution in [3.63, 3.8) is 0 Å². The summed E-state index contributed by atoms with van der Waals surface area (Å²) < 4.78 is 0. The number of nitrogens with one attached hydrogen (secondary N) is 1. The van der Waals surface area contributed by atoms with E-state index in [4.69, 9.17) is 0 Å². The number of amides is 3. The van der Waals surface area contributed by atoms with E-state index in [9.17, 15) is 9.59 Å². The Morgan fingerprint density at radius 2 is 1.94 bits per heavy atom. The highest BCUT2D eigenvalue weighted by atomic mass is 32.1. The Morgan fingerprint density at radius 1 is 1.22 bits per heavy atom. The molecule has 0 aliphatic carbocycles. The van der Waals surface area contributed by atoms with Crippen molar-refractivity contribution in [2.75, 3.05) is 41.3 Å². The Morgan fingerprint density at radius 3 is 2.56 bits per heavy atom. The maximum absolute atomic E-state index is 13.3. The molecule has 0 unspecified atom stereocenters. The number of rotatable bonds is 5. The van der Waals surface area contributed by atoms with Crippen LogP contribution in [0.25, 0.3) is 10.2 Å².